The molecule has 0 aliphatic heterocycles. The highest BCUT2D eigenvalue weighted by Gasteiger charge is 2.23. The molecular formula is C31H33N3O6. The Hall–Kier alpha value is -4.50. The largest absolute Gasteiger partial charge is 0.493 e. The fraction of sp³-hybridized carbons (Fsp3) is 0.290. The molecule has 1 atom stereocenters. The zero-order valence-electron chi connectivity index (χ0n) is 22.8. The van der Waals surface area contributed by atoms with Crippen molar-refractivity contribution in [1.29, 1.82) is 0 Å². The Morgan fingerprint density at radius 3 is 2.52 bits per heavy atom. The monoisotopic (exact) mass is 543 g/mol. The van der Waals surface area contributed by atoms with Crippen LogP contribution in [0.4, 0.5) is 0 Å². The number of pyridine rings is 1. The van der Waals surface area contributed by atoms with Gasteiger partial charge in [0.1, 0.15) is 17.6 Å². The number of ether oxygens (including phenoxy) is 2. The second-order valence-electron chi connectivity index (χ2n) is 9.66. The van der Waals surface area contributed by atoms with Crippen LogP contribution < -0.4 is 10.5 Å². The summed E-state index contributed by atoms with van der Waals surface area (Å²) in [7, 11) is 0. The summed E-state index contributed by atoms with van der Waals surface area (Å²) in [6.45, 7) is 5.65. The molecule has 0 spiro atoms. The van der Waals surface area contributed by atoms with Crippen LogP contribution >= 0.6 is 0 Å². The molecule has 3 N–H and O–H groups in total. The zero-order valence-corrected chi connectivity index (χ0v) is 22.8. The Kier molecular flexibility index (Phi) is 9.29. The van der Waals surface area contributed by atoms with Crippen molar-refractivity contribution < 1.29 is 28.6 Å². The minimum atomic E-state index is -1.06. The van der Waals surface area contributed by atoms with Gasteiger partial charge in [0.05, 0.1) is 18.4 Å². The molecule has 0 radical (unpaired) electrons. The first-order chi connectivity index (χ1) is 19.2. The Morgan fingerprint density at radius 2 is 1.80 bits per heavy atom. The molecule has 0 aliphatic carbocycles. The van der Waals surface area contributed by atoms with Crippen molar-refractivity contribution in [2.45, 2.75) is 52.2 Å². The van der Waals surface area contributed by atoms with Crippen LogP contribution in [0.1, 0.15) is 48.9 Å². The number of oxazole rings is 1. The maximum Gasteiger partial charge on any atom is 0.327 e. The van der Waals surface area contributed by atoms with Crippen molar-refractivity contribution in [2.24, 2.45) is 5.73 Å². The summed E-state index contributed by atoms with van der Waals surface area (Å²) in [5, 5.41) is 9.11. The normalized spacial score (nSPS) is 11.8. The van der Waals surface area contributed by atoms with Crippen molar-refractivity contribution in [3.63, 3.8) is 0 Å². The molecule has 0 saturated heterocycles. The smallest absolute Gasteiger partial charge is 0.327 e. The fourth-order valence-electron chi connectivity index (χ4n) is 4.27. The number of nitrogens with two attached hydrogens (primary N) is 1. The lowest BCUT2D eigenvalue weighted by Gasteiger charge is -2.18. The number of aryl methyl sites for hydroxylation is 2. The minimum absolute atomic E-state index is 0.0853. The van der Waals surface area contributed by atoms with Crippen LogP contribution in [0, 0.1) is 6.92 Å². The molecule has 4 aromatic rings. The van der Waals surface area contributed by atoms with Gasteiger partial charge in [-0.05, 0) is 74.2 Å². The van der Waals surface area contributed by atoms with Gasteiger partial charge in [0.2, 0.25) is 5.89 Å². The molecule has 0 saturated carbocycles. The van der Waals surface area contributed by atoms with Gasteiger partial charge in [-0.15, -0.1) is 0 Å². The molecular weight excluding hydrogens is 510 g/mol. The number of esters is 1. The van der Waals surface area contributed by atoms with E-state index in [0.717, 1.165) is 22.4 Å². The van der Waals surface area contributed by atoms with E-state index >= 15 is 0 Å². The standard InChI is InChI=1S/C31H33N3O6/c1-19(2)39-31(37)29(32)26-17-25(11-9-21(26)10-12-28(35)36)38-15-13-27-20(3)40-30(34-27)23-7-4-6-22(16-23)24-8-5-14-33-18-24/h4-9,11,14,16-19,29H,10,12-13,15,32H2,1-3H3,(H,35,36). The van der Waals surface area contributed by atoms with Gasteiger partial charge in [-0.3, -0.25) is 9.78 Å². The van der Waals surface area contributed by atoms with E-state index < -0.39 is 18.0 Å². The summed E-state index contributed by atoms with van der Waals surface area (Å²) in [5.74, 6) is 0.219. The SMILES string of the molecule is Cc1oc(-c2cccc(-c3cccnc3)c2)nc1CCOc1ccc(CCC(=O)O)c(C(N)C(=O)OC(C)C)c1. The van der Waals surface area contributed by atoms with Crippen molar-refractivity contribution in [1.82, 2.24) is 9.97 Å². The Morgan fingerprint density at radius 1 is 1.02 bits per heavy atom. The number of nitrogens with zero attached hydrogens (tertiary/aromatic N) is 2. The quantitative estimate of drug-likeness (QED) is 0.228. The molecule has 40 heavy (non-hydrogen) atoms. The van der Waals surface area contributed by atoms with Crippen LogP contribution in [0.3, 0.4) is 0 Å². The molecule has 1 unspecified atom stereocenters. The lowest BCUT2D eigenvalue weighted by molar-refractivity contribution is -0.149. The fourth-order valence-corrected chi connectivity index (χ4v) is 4.27. The topological polar surface area (TPSA) is 138 Å². The molecule has 2 aromatic heterocycles. The highest BCUT2D eigenvalue weighted by atomic mass is 16.5. The molecule has 0 fully saturated rings. The molecule has 2 heterocycles. The summed E-state index contributed by atoms with van der Waals surface area (Å²) < 4.78 is 17.2. The van der Waals surface area contributed by atoms with Crippen LogP contribution in [0.2, 0.25) is 0 Å². The number of hydrogen-bond acceptors (Lipinski definition) is 8. The number of aromatic nitrogens is 2. The van der Waals surface area contributed by atoms with E-state index in [0.29, 0.717) is 41.6 Å². The average molecular weight is 544 g/mol. The maximum absolute atomic E-state index is 12.5. The summed E-state index contributed by atoms with van der Waals surface area (Å²) in [5.41, 5.74) is 11.0. The molecule has 9 nitrogen and oxygen atoms in total. The van der Waals surface area contributed by atoms with Crippen LogP contribution in [0.5, 0.6) is 5.75 Å². The number of hydrogen-bond donors (Lipinski definition) is 2. The number of carboxylic acid groups (broad SMARTS) is 1. The molecule has 4 rings (SSSR count). The third-order valence-corrected chi connectivity index (χ3v) is 6.27. The number of rotatable bonds is 12. The van der Waals surface area contributed by atoms with Crippen LogP contribution in [0.25, 0.3) is 22.6 Å². The highest BCUT2D eigenvalue weighted by molar-refractivity contribution is 5.78. The Labute approximate surface area is 233 Å². The van der Waals surface area contributed by atoms with Crippen molar-refractivity contribution in [2.75, 3.05) is 6.61 Å². The summed E-state index contributed by atoms with van der Waals surface area (Å²) >= 11 is 0. The molecule has 208 valence electrons. The van der Waals surface area contributed by atoms with Crippen LogP contribution in [-0.2, 0) is 27.2 Å². The van der Waals surface area contributed by atoms with Gasteiger partial charge in [0.25, 0.3) is 0 Å². The molecule has 9 heteroatoms. The van der Waals surface area contributed by atoms with Crippen LogP contribution in [-0.4, -0.2) is 39.7 Å². The first-order valence-electron chi connectivity index (χ1n) is 13.1. The Balaban J connectivity index is 1.46. The van der Waals surface area contributed by atoms with E-state index in [4.69, 9.17) is 29.7 Å². The third kappa shape index (κ3) is 7.33. The van der Waals surface area contributed by atoms with E-state index in [9.17, 15) is 9.59 Å². The molecule has 0 aliphatic rings. The van der Waals surface area contributed by atoms with Gasteiger partial charge >= 0.3 is 11.9 Å². The molecule has 2 aromatic carbocycles. The number of benzene rings is 2. The highest BCUT2D eigenvalue weighted by Crippen LogP contribution is 2.28. The van der Waals surface area contributed by atoms with E-state index in [2.05, 4.69) is 4.98 Å². The number of carbonyl (C=O) groups excluding carboxylic acids is 1. The summed E-state index contributed by atoms with van der Waals surface area (Å²) in [4.78, 5) is 32.5. The summed E-state index contributed by atoms with van der Waals surface area (Å²) in [6, 6.07) is 15.9. The number of carboxylic acids is 1. The number of carbonyl (C=O) groups is 2. The van der Waals surface area contributed by atoms with Crippen molar-refractivity contribution in [3.05, 3.63) is 89.6 Å². The van der Waals surface area contributed by atoms with Gasteiger partial charge < -0.3 is 24.7 Å². The van der Waals surface area contributed by atoms with E-state index in [-0.39, 0.29) is 18.9 Å². The average Bonchev–Trinajstić information content (AvgIpc) is 3.32. The predicted molar refractivity (Wildman–Crippen MR) is 150 cm³/mol. The number of aliphatic carboxylic acids is 1. The minimum Gasteiger partial charge on any atom is -0.493 e. The first-order valence-corrected chi connectivity index (χ1v) is 13.1. The Bertz CT molecular complexity index is 1470. The van der Waals surface area contributed by atoms with E-state index in [1.54, 1.807) is 38.2 Å². The van der Waals surface area contributed by atoms with Gasteiger partial charge in [0, 0.05) is 36.4 Å². The summed E-state index contributed by atoms with van der Waals surface area (Å²) in [6.07, 6.45) is 3.87. The van der Waals surface area contributed by atoms with Gasteiger partial charge in [-0.1, -0.05) is 24.3 Å². The molecule has 0 bridgehead atoms. The zero-order chi connectivity index (χ0) is 28.6. The van der Waals surface area contributed by atoms with E-state index in [1.807, 2.05) is 49.5 Å². The second-order valence-corrected chi connectivity index (χ2v) is 9.66. The second kappa shape index (κ2) is 13.0. The van der Waals surface area contributed by atoms with Gasteiger partial charge in [0.15, 0.2) is 0 Å². The maximum atomic E-state index is 12.5. The van der Waals surface area contributed by atoms with Gasteiger partial charge in [-0.2, -0.15) is 0 Å². The lowest BCUT2D eigenvalue weighted by Crippen LogP contribution is -2.27. The van der Waals surface area contributed by atoms with E-state index in [1.165, 1.54) is 0 Å². The third-order valence-electron chi connectivity index (χ3n) is 6.27. The predicted octanol–water partition coefficient (Wildman–Crippen LogP) is 5.30. The first kappa shape index (κ1) is 28.5. The van der Waals surface area contributed by atoms with Crippen molar-refractivity contribution >= 4 is 11.9 Å². The van der Waals surface area contributed by atoms with Gasteiger partial charge in [-0.25, -0.2) is 9.78 Å². The lowest BCUT2D eigenvalue weighted by atomic mass is 9.97. The van der Waals surface area contributed by atoms with Crippen LogP contribution in [0.15, 0.2) is 71.4 Å². The molecule has 0 amide bonds. The van der Waals surface area contributed by atoms with Crippen molar-refractivity contribution in [3.8, 4) is 28.3 Å².